The van der Waals surface area contributed by atoms with E-state index in [1.54, 1.807) is 22.7 Å². The van der Waals surface area contributed by atoms with Crippen molar-refractivity contribution in [1.29, 1.82) is 5.26 Å². The maximum atomic E-state index is 10.8. The molecule has 0 aliphatic heterocycles. The van der Waals surface area contributed by atoms with Gasteiger partial charge in [-0.1, -0.05) is 259 Å². The molecule has 6 heterocycles. The van der Waals surface area contributed by atoms with Gasteiger partial charge in [-0.05, 0) is 93.8 Å². The lowest BCUT2D eigenvalue weighted by Gasteiger charge is -2.09. The third-order valence-electron chi connectivity index (χ3n) is 17.2. The number of thiophene rings is 6. The van der Waals surface area contributed by atoms with E-state index in [0.717, 1.165) is 76.3 Å². The number of aryl methyl sites for hydroxylation is 4. The zero-order valence-electron chi connectivity index (χ0n) is 54.7. The summed E-state index contributed by atoms with van der Waals surface area (Å²) >= 11 is 10.9. The second kappa shape index (κ2) is 43.5. The van der Waals surface area contributed by atoms with Gasteiger partial charge in [-0.15, -0.1) is 68.0 Å². The third kappa shape index (κ3) is 25.2. The molecule has 0 aromatic carbocycles. The summed E-state index contributed by atoms with van der Waals surface area (Å²) in [4.78, 5) is 18.4. The van der Waals surface area contributed by atoms with Crippen LogP contribution in [0.2, 0.25) is 0 Å². The van der Waals surface area contributed by atoms with Crippen LogP contribution >= 0.6 is 68.0 Å². The summed E-state index contributed by atoms with van der Waals surface area (Å²) in [5, 5.41) is 10.8. The summed E-state index contributed by atoms with van der Waals surface area (Å²) in [5.74, 6) is 1.98. The van der Waals surface area contributed by atoms with Crippen molar-refractivity contribution in [3.8, 4) is 66.3 Å². The molecule has 0 radical (unpaired) electrons. The zero-order chi connectivity index (χ0) is 60.8. The van der Waals surface area contributed by atoms with Gasteiger partial charge in [0.05, 0.1) is 44.9 Å². The molecule has 0 unspecified atom stereocenters. The Bertz CT molecular complexity index is 2830. The summed E-state index contributed by atoms with van der Waals surface area (Å²) < 4.78 is 13.6. The Morgan fingerprint density at radius 1 is 0.349 bits per heavy atom. The first-order chi connectivity index (χ1) is 42.3. The van der Waals surface area contributed by atoms with Gasteiger partial charge in [0.25, 0.3) is 0 Å². The molecule has 86 heavy (non-hydrogen) atoms. The number of nitrogens with zero attached hydrogens (tertiary/aromatic N) is 2. The van der Waals surface area contributed by atoms with Crippen LogP contribution < -0.4 is 9.47 Å². The van der Waals surface area contributed by atoms with Crippen molar-refractivity contribution < 1.29 is 9.47 Å². The molecule has 6 aromatic heterocycles. The minimum absolute atomic E-state index is 0.655. The first-order valence-electron chi connectivity index (χ1n) is 35.1. The molecule has 0 amide bonds. The second-order valence-corrected chi connectivity index (χ2v) is 31.6. The lowest BCUT2D eigenvalue weighted by molar-refractivity contribution is 0.303. The number of nitriles is 1. The third-order valence-corrected chi connectivity index (χ3v) is 24.7. The molecule has 0 aliphatic carbocycles. The van der Waals surface area contributed by atoms with Crippen molar-refractivity contribution in [1.82, 2.24) is 0 Å². The monoisotopic (exact) mass is 1280 g/mol. The van der Waals surface area contributed by atoms with Gasteiger partial charge in [0.15, 0.2) is 0 Å². The van der Waals surface area contributed by atoms with Crippen molar-refractivity contribution >= 4 is 73.7 Å². The highest BCUT2D eigenvalue weighted by molar-refractivity contribution is 7.31. The average molecular weight is 1280 g/mol. The van der Waals surface area contributed by atoms with E-state index in [1.165, 1.54) is 288 Å². The van der Waals surface area contributed by atoms with E-state index in [2.05, 4.69) is 88.9 Å². The van der Waals surface area contributed by atoms with Gasteiger partial charge in [0.1, 0.15) is 17.6 Å². The van der Waals surface area contributed by atoms with Gasteiger partial charge in [-0.2, -0.15) is 5.26 Å². The lowest BCUT2D eigenvalue weighted by Crippen LogP contribution is -1.99. The molecule has 4 nitrogen and oxygen atoms in total. The van der Waals surface area contributed by atoms with Gasteiger partial charge < -0.3 is 9.47 Å². The smallest absolute Gasteiger partial charge is 0.206 e. The van der Waals surface area contributed by atoms with Crippen molar-refractivity contribution in [3.63, 3.8) is 0 Å². The normalized spacial score (nSPS) is 11.5. The predicted molar refractivity (Wildman–Crippen MR) is 387 cm³/mol. The molecule has 0 atom stereocenters. The number of unbranched alkanes of at least 4 members (excludes halogenated alkanes) is 36. The molecule has 0 N–H and O–H groups in total. The van der Waals surface area contributed by atoms with Crippen LogP contribution in [0.15, 0.2) is 36.4 Å². The average Bonchev–Trinajstić information content (AvgIpc) is 4.13. The van der Waals surface area contributed by atoms with Crippen LogP contribution in [-0.2, 0) is 12.8 Å². The lowest BCUT2D eigenvalue weighted by atomic mass is 10.0. The van der Waals surface area contributed by atoms with Crippen LogP contribution in [0.1, 0.15) is 311 Å². The van der Waals surface area contributed by atoms with Crippen molar-refractivity contribution in [3.05, 3.63) is 74.3 Å². The van der Waals surface area contributed by atoms with Gasteiger partial charge in [-0.25, -0.2) is 4.85 Å². The molecule has 0 spiro atoms. The summed E-state index contributed by atoms with van der Waals surface area (Å²) in [6, 6.07) is 16.3. The number of ether oxygens (including phenoxy) is 2. The first kappa shape index (κ1) is 71.9. The molecule has 0 saturated carbocycles. The topological polar surface area (TPSA) is 46.6 Å². The van der Waals surface area contributed by atoms with E-state index >= 15 is 0 Å². The van der Waals surface area contributed by atoms with Gasteiger partial charge in [-0.3, -0.25) is 0 Å². The fourth-order valence-electron chi connectivity index (χ4n) is 12.1. The zero-order valence-corrected chi connectivity index (χ0v) is 59.6. The number of rotatable bonds is 51. The molecular formula is C76H112N2O2S6. The first-order valence-corrected chi connectivity index (χ1v) is 40.0. The molecule has 0 saturated heterocycles. The molecular weight excluding hydrogens is 1170 g/mol. The fourth-order valence-corrected chi connectivity index (χ4v) is 19.2. The van der Waals surface area contributed by atoms with Crippen molar-refractivity contribution in [2.75, 3.05) is 13.2 Å². The van der Waals surface area contributed by atoms with Gasteiger partial charge in [0, 0.05) is 45.1 Å². The van der Waals surface area contributed by atoms with Crippen LogP contribution in [0.3, 0.4) is 0 Å². The summed E-state index contributed by atoms with van der Waals surface area (Å²) in [6.45, 7) is 23.7. The van der Waals surface area contributed by atoms with Crippen LogP contribution in [-0.4, -0.2) is 13.2 Å². The summed E-state index contributed by atoms with van der Waals surface area (Å²) in [7, 11) is 0. The molecule has 0 fully saturated rings. The Hall–Kier alpha value is -3.22. The standard InChI is InChI=1S/C76H112N2O2S6/c1-8-12-16-20-24-28-32-36-40-44-48-61-52-59(5)81-71(61)69-55-63(58-77)73(85-69)74-64(78-7)56-70(86-74)72-62(49-45-41-37-33-29-25-21-17-13-9-2)54-67(83-72)68-57-66(80-51-47-43-39-35-31-27-23-19-15-11-4)76(84-68)75-65(53-60(6)82-75)79-50-46-42-38-34-30-26-22-18-14-10-3/h52-57H,8-51H2,1-6H3. The molecule has 474 valence electrons. The Morgan fingerprint density at radius 2 is 0.686 bits per heavy atom. The van der Waals surface area contributed by atoms with Crippen molar-refractivity contribution in [2.24, 2.45) is 0 Å². The van der Waals surface area contributed by atoms with E-state index in [9.17, 15) is 5.26 Å². The van der Waals surface area contributed by atoms with Crippen LogP contribution in [0.5, 0.6) is 11.5 Å². The van der Waals surface area contributed by atoms with Crippen LogP contribution in [0.4, 0.5) is 5.69 Å². The maximum Gasteiger partial charge on any atom is 0.206 e. The minimum atomic E-state index is 0.655. The van der Waals surface area contributed by atoms with Crippen molar-refractivity contribution in [2.45, 2.75) is 311 Å². The predicted octanol–water partition coefficient (Wildman–Crippen LogP) is 29.0. The van der Waals surface area contributed by atoms with E-state index < -0.39 is 0 Å². The minimum Gasteiger partial charge on any atom is -0.492 e. The fraction of sp³-hybridized carbons (Fsp3) is 0.658. The molecule has 0 aliphatic rings. The SMILES string of the molecule is [C-]#[N+]c1cc(-c2sc(-c3cc(OCCCCCCCCCCCC)c(-c4sc(C)cc4OCCCCCCCCCCCC)s3)cc2CCCCCCCCCCCC)sc1-c1sc(-c2sc(C)cc2CCCCCCCCCCCC)cc1C#N. The van der Waals surface area contributed by atoms with E-state index in [4.69, 9.17) is 16.0 Å². The van der Waals surface area contributed by atoms with Gasteiger partial charge >= 0.3 is 0 Å². The molecule has 0 bridgehead atoms. The molecule has 10 heteroatoms. The van der Waals surface area contributed by atoms with E-state index in [-0.39, 0.29) is 0 Å². The highest BCUT2D eigenvalue weighted by atomic mass is 32.1. The number of hydrogen-bond donors (Lipinski definition) is 0. The van der Waals surface area contributed by atoms with Gasteiger partial charge in [0.2, 0.25) is 5.69 Å². The molecule has 6 rings (SSSR count). The highest BCUT2D eigenvalue weighted by Crippen LogP contribution is 2.55. The van der Waals surface area contributed by atoms with Crippen LogP contribution in [0, 0.1) is 31.8 Å². The van der Waals surface area contributed by atoms with E-state index in [0.29, 0.717) is 11.3 Å². The largest absolute Gasteiger partial charge is 0.492 e. The Kier molecular flexibility index (Phi) is 36.3. The summed E-state index contributed by atoms with van der Waals surface area (Å²) in [5.41, 5.74) is 4.13. The Balaban J connectivity index is 1.24. The Morgan fingerprint density at radius 3 is 1.15 bits per heavy atom. The highest BCUT2D eigenvalue weighted by Gasteiger charge is 2.26. The Labute approximate surface area is 549 Å². The second-order valence-electron chi connectivity index (χ2n) is 24.9. The maximum absolute atomic E-state index is 10.8. The van der Waals surface area contributed by atoms with E-state index in [1.807, 2.05) is 45.3 Å². The van der Waals surface area contributed by atoms with Crippen LogP contribution in [0.25, 0.3) is 53.6 Å². The number of hydrogen-bond acceptors (Lipinski definition) is 9. The summed E-state index contributed by atoms with van der Waals surface area (Å²) in [6.07, 6.45) is 54.7. The quantitative estimate of drug-likeness (QED) is 0.0282. The molecule has 6 aromatic rings.